The highest BCUT2D eigenvalue weighted by Gasteiger charge is 2.51. The fourth-order valence-corrected chi connectivity index (χ4v) is 6.14. The number of carbonyl (C=O) groups is 1. The van der Waals surface area contributed by atoms with Gasteiger partial charge in [-0.2, -0.15) is 0 Å². The van der Waals surface area contributed by atoms with E-state index in [4.69, 9.17) is 14.9 Å². The van der Waals surface area contributed by atoms with E-state index in [1.54, 1.807) is 4.57 Å². The van der Waals surface area contributed by atoms with Crippen LogP contribution in [0.15, 0.2) is 15.7 Å². The van der Waals surface area contributed by atoms with E-state index in [1.165, 1.54) is 19.2 Å². The molecule has 6 rings (SSSR count). The van der Waals surface area contributed by atoms with Gasteiger partial charge >= 0.3 is 6.03 Å². The van der Waals surface area contributed by atoms with Gasteiger partial charge in [0, 0.05) is 17.7 Å². The molecule has 4 aliphatic rings. The first-order valence-corrected chi connectivity index (χ1v) is 12.1. The molecule has 3 heterocycles. The van der Waals surface area contributed by atoms with Crippen LogP contribution in [-0.2, 0) is 41.1 Å². The Bertz CT molecular complexity index is 1210. The number of anilines is 1. The average Bonchev–Trinajstić information content (AvgIpc) is 3.06. The van der Waals surface area contributed by atoms with Crippen LogP contribution in [0.1, 0.15) is 54.6 Å². The Morgan fingerprint density at radius 3 is 2.93 bits per heavy atom. The van der Waals surface area contributed by atoms with Gasteiger partial charge in [-0.05, 0) is 62.5 Å². The van der Waals surface area contributed by atoms with E-state index in [-0.39, 0.29) is 10.4 Å². The van der Waals surface area contributed by atoms with Gasteiger partial charge in [0.05, 0.1) is 24.3 Å². The highest BCUT2D eigenvalue weighted by Crippen LogP contribution is 2.58. The largest absolute Gasteiger partial charge is 0.477 e. The first-order valence-electron chi connectivity index (χ1n) is 10.6. The third-order valence-electron chi connectivity index (χ3n) is 6.80. The van der Waals surface area contributed by atoms with Crippen LogP contribution in [0.3, 0.4) is 0 Å². The molecule has 10 heteroatoms. The molecule has 1 aliphatic heterocycles. The van der Waals surface area contributed by atoms with Crippen LogP contribution in [-0.4, -0.2) is 31.4 Å². The van der Waals surface area contributed by atoms with Crippen molar-refractivity contribution >= 4 is 21.6 Å². The molecule has 1 saturated carbocycles. The molecule has 1 fully saturated rings. The maximum Gasteiger partial charge on any atom is 0.354 e. The Morgan fingerprint density at radius 2 is 2.10 bits per heavy atom. The number of nitrogens with zero attached hydrogens (tertiary/aromatic N) is 4. The van der Waals surface area contributed by atoms with Crippen molar-refractivity contribution in [2.45, 2.75) is 68.4 Å². The number of hydrogen-bond donors (Lipinski definition) is 2. The Morgan fingerprint density at radius 1 is 1.23 bits per heavy atom. The summed E-state index contributed by atoms with van der Waals surface area (Å²) in [5, 5.41) is 8.93. The van der Waals surface area contributed by atoms with Crippen molar-refractivity contribution in [3.8, 4) is 5.88 Å². The normalized spacial score (nSPS) is 21.9. The molecule has 0 saturated heterocycles. The summed E-state index contributed by atoms with van der Waals surface area (Å²) in [4.78, 5) is 21.9. The van der Waals surface area contributed by atoms with Crippen molar-refractivity contribution in [2.75, 3.05) is 11.9 Å². The van der Waals surface area contributed by atoms with Crippen molar-refractivity contribution < 1.29 is 13.7 Å². The molecule has 9 nitrogen and oxygen atoms in total. The van der Waals surface area contributed by atoms with E-state index in [1.807, 2.05) is 0 Å². The fraction of sp³-hybridized carbons (Fsp3) is 0.550. The number of imidazole rings is 1. The van der Waals surface area contributed by atoms with Crippen LogP contribution >= 0.6 is 0 Å². The second-order valence-electron chi connectivity index (χ2n) is 8.71. The average molecular weight is 429 g/mol. The van der Waals surface area contributed by atoms with Gasteiger partial charge in [0.2, 0.25) is 10.9 Å². The van der Waals surface area contributed by atoms with E-state index >= 15 is 0 Å². The summed E-state index contributed by atoms with van der Waals surface area (Å²) < 4.78 is 24.2. The number of ether oxygens (including phenoxy) is 1. The van der Waals surface area contributed by atoms with Gasteiger partial charge in [0.1, 0.15) is 0 Å². The number of aryl methyl sites for hydroxylation is 2. The quantitative estimate of drug-likeness (QED) is 0.760. The molecule has 3 N–H and O–H groups in total. The second kappa shape index (κ2) is 6.27. The fourth-order valence-electron chi connectivity index (χ4n) is 5.13. The Labute approximate surface area is 174 Å². The Kier molecular flexibility index (Phi) is 3.83. The van der Waals surface area contributed by atoms with Crippen LogP contribution in [0, 0.1) is 0 Å². The summed E-state index contributed by atoms with van der Waals surface area (Å²) in [5.74, 6) is 0.340. The minimum absolute atomic E-state index is 0.0273. The lowest BCUT2D eigenvalue weighted by molar-refractivity contribution is 0.234. The third-order valence-corrected chi connectivity index (χ3v) is 8.07. The summed E-state index contributed by atoms with van der Waals surface area (Å²) in [5.41, 5.74) is 5.51. The lowest BCUT2D eigenvalue weighted by Crippen LogP contribution is -2.21. The number of rotatable bonds is 2. The predicted molar refractivity (Wildman–Crippen MR) is 110 cm³/mol. The molecule has 158 valence electrons. The number of fused-ring (bicyclic) bond motifs is 4. The zero-order valence-corrected chi connectivity index (χ0v) is 17.5. The number of pyridine rings is 1. The topological polar surface area (TPSA) is 124 Å². The maximum atomic E-state index is 13.1. The highest BCUT2D eigenvalue weighted by atomic mass is 32.2. The molecule has 3 aliphatic carbocycles. The lowest BCUT2D eigenvalue weighted by atomic mass is 10.0. The SMILES string of the molecule is NS(=O)(=NC(=O)Nc1c2c(nc3c1CCC31CC1)CCC2)c1ncn2c1OCCC2. The first-order chi connectivity index (χ1) is 14.5. The molecule has 1 unspecified atom stereocenters. The molecule has 30 heavy (non-hydrogen) atoms. The molecular weight excluding hydrogens is 404 g/mol. The zero-order chi connectivity index (χ0) is 20.5. The van der Waals surface area contributed by atoms with Crippen molar-refractivity contribution in [3.05, 3.63) is 28.8 Å². The summed E-state index contributed by atoms with van der Waals surface area (Å²) in [6, 6.07) is -0.709. The number of nitrogens with two attached hydrogens (primary N) is 1. The van der Waals surface area contributed by atoms with Crippen LogP contribution < -0.4 is 15.2 Å². The van der Waals surface area contributed by atoms with E-state index < -0.39 is 15.9 Å². The number of aromatic nitrogens is 3. The van der Waals surface area contributed by atoms with Crippen molar-refractivity contribution in [2.24, 2.45) is 9.50 Å². The molecule has 2 aromatic heterocycles. The molecule has 0 bridgehead atoms. The highest BCUT2D eigenvalue weighted by molar-refractivity contribution is 7.91. The molecule has 2 amide bonds. The summed E-state index contributed by atoms with van der Waals surface area (Å²) in [6.45, 7) is 1.21. The Balaban J connectivity index is 1.36. The summed E-state index contributed by atoms with van der Waals surface area (Å²) in [7, 11) is -3.53. The molecular formula is C20H24N6O3S. The maximum absolute atomic E-state index is 13.1. The standard InChI is InChI=1S/C20H24N6O3S/c21-30(28,17-18-26(11-22-17)9-2-10-29-18)25-19(27)24-15-12-3-1-4-14(12)23-16-13(15)5-6-20(16)7-8-20/h11H,1-10H2,(H3,21,23,24,25,27,28). The number of urea groups is 1. The lowest BCUT2D eigenvalue weighted by Gasteiger charge is -2.17. The minimum Gasteiger partial charge on any atom is -0.477 e. The molecule has 2 aromatic rings. The van der Waals surface area contributed by atoms with E-state index in [9.17, 15) is 9.00 Å². The third kappa shape index (κ3) is 2.70. The van der Waals surface area contributed by atoms with Gasteiger partial charge in [-0.15, -0.1) is 4.36 Å². The van der Waals surface area contributed by atoms with Gasteiger partial charge < -0.3 is 14.6 Å². The van der Waals surface area contributed by atoms with Gasteiger partial charge in [-0.1, -0.05) is 0 Å². The van der Waals surface area contributed by atoms with E-state index in [2.05, 4.69) is 14.7 Å². The second-order valence-corrected chi connectivity index (χ2v) is 10.4. The number of amides is 2. The van der Waals surface area contributed by atoms with E-state index in [0.29, 0.717) is 19.0 Å². The van der Waals surface area contributed by atoms with Gasteiger partial charge in [0.25, 0.3) is 0 Å². The van der Waals surface area contributed by atoms with Crippen LogP contribution in [0.5, 0.6) is 5.88 Å². The first kappa shape index (κ1) is 18.3. The smallest absolute Gasteiger partial charge is 0.354 e. The van der Waals surface area contributed by atoms with Crippen molar-refractivity contribution in [1.82, 2.24) is 14.5 Å². The minimum atomic E-state index is -3.53. The zero-order valence-electron chi connectivity index (χ0n) is 16.6. The number of nitrogens with one attached hydrogen (secondary N) is 1. The predicted octanol–water partition coefficient (Wildman–Crippen LogP) is 2.46. The molecule has 0 aromatic carbocycles. The van der Waals surface area contributed by atoms with Crippen LogP contribution in [0.2, 0.25) is 0 Å². The number of carbonyl (C=O) groups excluding carboxylic acids is 1. The monoisotopic (exact) mass is 428 g/mol. The Hall–Kier alpha value is -2.46. The molecule has 0 radical (unpaired) electrons. The summed E-state index contributed by atoms with van der Waals surface area (Å²) >= 11 is 0. The van der Waals surface area contributed by atoms with Gasteiger partial charge in [-0.3, -0.25) is 4.98 Å². The van der Waals surface area contributed by atoms with Gasteiger partial charge in [0.15, 0.2) is 9.92 Å². The van der Waals surface area contributed by atoms with Crippen LogP contribution in [0.25, 0.3) is 0 Å². The number of hydrogen-bond acceptors (Lipinski definition) is 5. The van der Waals surface area contributed by atoms with E-state index in [0.717, 1.165) is 66.7 Å². The van der Waals surface area contributed by atoms with Crippen molar-refractivity contribution in [1.29, 1.82) is 0 Å². The van der Waals surface area contributed by atoms with Gasteiger partial charge in [-0.25, -0.2) is 19.1 Å². The van der Waals surface area contributed by atoms with Crippen LogP contribution in [0.4, 0.5) is 10.5 Å². The van der Waals surface area contributed by atoms with Crippen molar-refractivity contribution in [3.63, 3.8) is 0 Å². The summed E-state index contributed by atoms with van der Waals surface area (Å²) in [6.07, 6.45) is 9.56. The molecule has 1 atom stereocenters. The molecule has 1 spiro atoms.